The number of anilines is 1. The van der Waals surface area contributed by atoms with E-state index in [9.17, 15) is 14.0 Å². The maximum absolute atomic E-state index is 12.9. The van der Waals surface area contributed by atoms with Gasteiger partial charge >= 0.3 is 0 Å². The van der Waals surface area contributed by atoms with Crippen molar-refractivity contribution in [3.05, 3.63) is 59.4 Å². The second-order valence-electron chi connectivity index (χ2n) is 6.87. The molecule has 2 aromatic carbocycles. The van der Waals surface area contributed by atoms with Crippen LogP contribution < -0.4 is 15.4 Å². The number of methoxy groups -OCH3 is 1. The van der Waals surface area contributed by atoms with E-state index in [1.807, 2.05) is 19.1 Å². The molecule has 1 fully saturated rings. The van der Waals surface area contributed by atoms with E-state index in [1.165, 1.54) is 19.2 Å². The van der Waals surface area contributed by atoms with Crippen LogP contribution in [0.15, 0.2) is 42.5 Å². The largest absolute Gasteiger partial charge is 0.495 e. The highest BCUT2D eigenvalue weighted by Gasteiger charge is 2.56. The van der Waals surface area contributed by atoms with E-state index in [2.05, 4.69) is 10.6 Å². The summed E-state index contributed by atoms with van der Waals surface area (Å²) in [5.74, 6) is -0.316. The number of nitrogens with one attached hydrogen (secondary N) is 2. The van der Waals surface area contributed by atoms with Gasteiger partial charge < -0.3 is 15.4 Å². The smallest absolute Gasteiger partial charge is 0.240 e. The predicted octanol–water partition coefficient (Wildman–Crippen LogP) is 3.22. The van der Waals surface area contributed by atoms with Crippen molar-refractivity contribution in [1.82, 2.24) is 5.32 Å². The lowest BCUT2D eigenvalue weighted by Gasteiger charge is -2.17. The van der Waals surface area contributed by atoms with E-state index in [-0.39, 0.29) is 17.6 Å². The first-order valence-electron chi connectivity index (χ1n) is 8.93. The molecule has 142 valence electrons. The highest BCUT2D eigenvalue weighted by atomic mass is 19.1. The van der Waals surface area contributed by atoms with Gasteiger partial charge in [-0.15, -0.1) is 0 Å². The molecule has 27 heavy (non-hydrogen) atoms. The fraction of sp³-hybridized carbons (Fsp3) is 0.333. The van der Waals surface area contributed by atoms with Crippen LogP contribution in [0.5, 0.6) is 5.75 Å². The van der Waals surface area contributed by atoms with Crippen molar-refractivity contribution in [3.8, 4) is 5.75 Å². The summed E-state index contributed by atoms with van der Waals surface area (Å²) in [4.78, 5) is 25.3. The molecule has 6 heteroatoms. The number of benzene rings is 2. The van der Waals surface area contributed by atoms with Crippen LogP contribution in [0.4, 0.5) is 10.1 Å². The Morgan fingerprint density at radius 3 is 2.44 bits per heavy atom. The highest BCUT2D eigenvalue weighted by Crippen LogP contribution is 2.47. The minimum absolute atomic E-state index is 0.270. The molecule has 0 aromatic heterocycles. The highest BCUT2D eigenvalue weighted by molar-refractivity contribution is 6.13. The third-order valence-corrected chi connectivity index (χ3v) is 4.83. The van der Waals surface area contributed by atoms with Crippen molar-refractivity contribution in [2.45, 2.75) is 26.2 Å². The molecule has 0 spiro atoms. The number of ether oxygens (including phenoxy) is 1. The molecule has 0 radical (unpaired) electrons. The molecular formula is C21H23FN2O3. The fourth-order valence-electron chi connectivity index (χ4n) is 2.98. The molecule has 1 aliphatic rings. The zero-order chi connectivity index (χ0) is 19.4. The number of aryl methyl sites for hydroxylation is 1. The van der Waals surface area contributed by atoms with Crippen LogP contribution in [0.1, 0.15) is 24.0 Å². The topological polar surface area (TPSA) is 67.4 Å². The van der Waals surface area contributed by atoms with Crippen LogP contribution in [-0.2, 0) is 16.0 Å². The molecule has 3 rings (SSSR count). The van der Waals surface area contributed by atoms with Crippen LogP contribution in [0.3, 0.4) is 0 Å². The van der Waals surface area contributed by atoms with Gasteiger partial charge in [-0.25, -0.2) is 4.39 Å². The average Bonchev–Trinajstić information content (AvgIpc) is 3.45. The number of carbonyl (C=O) groups is 2. The molecule has 0 heterocycles. The quantitative estimate of drug-likeness (QED) is 0.736. The minimum atomic E-state index is -1.02. The molecule has 1 aliphatic carbocycles. The van der Waals surface area contributed by atoms with E-state index < -0.39 is 5.41 Å². The van der Waals surface area contributed by atoms with Gasteiger partial charge in [0.2, 0.25) is 11.8 Å². The van der Waals surface area contributed by atoms with E-state index in [0.29, 0.717) is 37.2 Å². The normalized spacial score (nSPS) is 14.3. The van der Waals surface area contributed by atoms with Gasteiger partial charge in [-0.1, -0.05) is 18.2 Å². The molecular weight excluding hydrogens is 347 g/mol. The van der Waals surface area contributed by atoms with Gasteiger partial charge in [0.05, 0.1) is 12.8 Å². The molecule has 1 saturated carbocycles. The van der Waals surface area contributed by atoms with Gasteiger partial charge in [0, 0.05) is 6.54 Å². The summed E-state index contributed by atoms with van der Waals surface area (Å²) in [5, 5.41) is 5.66. The summed E-state index contributed by atoms with van der Waals surface area (Å²) in [6.07, 6.45) is 1.63. The fourth-order valence-corrected chi connectivity index (χ4v) is 2.98. The summed E-state index contributed by atoms with van der Waals surface area (Å²) in [5.41, 5.74) is 1.46. The molecule has 0 unspecified atom stereocenters. The van der Waals surface area contributed by atoms with Crippen molar-refractivity contribution in [2.24, 2.45) is 5.41 Å². The SMILES string of the molecule is COc1ccc(C)cc1NC(=O)C1(C(=O)NCCc2ccc(F)cc2)CC1. The summed E-state index contributed by atoms with van der Waals surface area (Å²) >= 11 is 0. The number of amides is 2. The zero-order valence-corrected chi connectivity index (χ0v) is 15.5. The van der Waals surface area contributed by atoms with Crippen molar-refractivity contribution < 1.29 is 18.7 Å². The van der Waals surface area contributed by atoms with Crippen molar-refractivity contribution in [3.63, 3.8) is 0 Å². The van der Waals surface area contributed by atoms with E-state index >= 15 is 0 Å². The van der Waals surface area contributed by atoms with Gasteiger partial charge in [-0.2, -0.15) is 0 Å². The molecule has 2 aromatic rings. The zero-order valence-electron chi connectivity index (χ0n) is 15.5. The van der Waals surface area contributed by atoms with Crippen molar-refractivity contribution in [1.29, 1.82) is 0 Å². The van der Waals surface area contributed by atoms with Crippen molar-refractivity contribution in [2.75, 3.05) is 19.0 Å². The molecule has 5 nitrogen and oxygen atoms in total. The third-order valence-electron chi connectivity index (χ3n) is 4.83. The summed E-state index contributed by atoms with van der Waals surface area (Å²) < 4.78 is 18.2. The lowest BCUT2D eigenvalue weighted by atomic mass is 10.0. The first kappa shape index (κ1) is 18.9. The van der Waals surface area contributed by atoms with Gasteiger partial charge in [-0.3, -0.25) is 9.59 Å². The molecule has 2 N–H and O–H groups in total. The Bertz CT molecular complexity index is 845. The van der Waals surface area contributed by atoms with Crippen LogP contribution in [0.25, 0.3) is 0 Å². The minimum Gasteiger partial charge on any atom is -0.495 e. The lowest BCUT2D eigenvalue weighted by molar-refractivity contribution is -0.134. The Labute approximate surface area is 157 Å². The standard InChI is InChI=1S/C21H23FN2O3/c1-14-3-8-18(27-2)17(13-14)24-20(26)21(10-11-21)19(25)23-12-9-15-4-6-16(22)7-5-15/h3-8,13H,9-12H2,1-2H3,(H,23,25)(H,24,26). The summed E-state index contributed by atoms with van der Waals surface area (Å²) in [6, 6.07) is 11.6. The summed E-state index contributed by atoms with van der Waals surface area (Å²) in [7, 11) is 1.54. The van der Waals surface area contributed by atoms with E-state index in [4.69, 9.17) is 4.74 Å². The van der Waals surface area contributed by atoms with Gasteiger partial charge in [0.15, 0.2) is 0 Å². The Balaban J connectivity index is 1.59. The average molecular weight is 370 g/mol. The summed E-state index contributed by atoms with van der Waals surface area (Å²) in [6.45, 7) is 2.32. The Hall–Kier alpha value is -2.89. The molecule has 0 bridgehead atoms. The van der Waals surface area contributed by atoms with Crippen molar-refractivity contribution >= 4 is 17.5 Å². The van der Waals surface area contributed by atoms with E-state index in [1.54, 1.807) is 18.2 Å². The first-order valence-corrected chi connectivity index (χ1v) is 8.93. The molecule has 2 amide bonds. The Morgan fingerprint density at radius 1 is 1.11 bits per heavy atom. The lowest BCUT2D eigenvalue weighted by Crippen LogP contribution is -2.40. The Kier molecular flexibility index (Phi) is 5.44. The maximum Gasteiger partial charge on any atom is 0.240 e. The predicted molar refractivity (Wildman–Crippen MR) is 101 cm³/mol. The van der Waals surface area contributed by atoms with Gasteiger partial charge in [0.1, 0.15) is 17.0 Å². The van der Waals surface area contributed by atoms with Crippen LogP contribution in [-0.4, -0.2) is 25.5 Å². The van der Waals surface area contributed by atoms with Gasteiger partial charge in [-0.05, 0) is 61.6 Å². The maximum atomic E-state index is 12.9. The molecule has 0 aliphatic heterocycles. The number of hydrogen-bond acceptors (Lipinski definition) is 3. The number of carbonyl (C=O) groups excluding carboxylic acids is 2. The van der Waals surface area contributed by atoms with E-state index in [0.717, 1.165) is 11.1 Å². The van der Waals surface area contributed by atoms with Crippen LogP contribution >= 0.6 is 0 Å². The molecule has 0 saturated heterocycles. The second kappa shape index (κ2) is 7.78. The number of hydrogen-bond donors (Lipinski definition) is 2. The monoisotopic (exact) mass is 370 g/mol. The first-order chi connectivity index (χ1) is 12.9. The van der Waals surface area contributed by atoms with Crippen LogP contribution in [0, 0.1) is 18.2 Å². The molecule has 0 atom stereocenters. The number of halogens is 1. The third kappa shape index (κ3) is 4.27. The van der Waals surface area contributed by atoms with Gasteiger partial charge in [0.25, 0.3) is 0 Å². The number of rotatable bonds is 7. The Morgan fingerprint density at radius 2 is 1.81 bits per heavy atom. The van der Waals surface area contributed by atoms with Crippen LogP contribution in [0.2, 0.25) is 0 Å². The second-order valence-corrected chi connectivity index (χ2v) is 6.87.